The van der Waals surface area contributed by atoms with Gasteiger partial charge in [0.15, 0.2) is 0 Å². The maximum absolute atomic E-state index is 8.85. The molecule has 3 nitrogen and oxygen atoms in total. The summed E-state index contributed by atoms with van der Waals surface area (Å²) in [6.07, 6.45) is 0. The van der Waals surface area contributed by atoms with Gasteiger partial charge in [-0.05, 0) is 49.2 Å². The molecule has 2 rings (SSSR count). The Morgan fingerprint density at radius 1 is 1.17 bits per heavy atom. The van der Waals surface area contributed by atoms with Crippen molar-refractivity contribution in [2.24, 2.45) is 0 Å². The first-order valence-corrected chi connectivity index (χ1v) is 5.74. The molecule has 1 heterocycles. The van der Waals surface area contributed by atoms with Crippen LogP contribution in [-0.2, 0) is 6.61 Å². The van der Waals surface area contributed by atoms with Crippen molar-refractivity contribution in [3.63, 3.8) is 0 Å². The van der Waals surface area contributed by atoms with Crippen molar-refractivity contribution in [1.29, 1.82) is 5.26 Å². The van der Waals surface area contributed by atoms with E-state index in [9.17, 15) is 0 Å². The predicted octanol–water partition coefficient (Wildman–Crippen LogP) is 3.15. The van der Waals surface area contributed by atoms with Crippen molar-refractivity contribution < 1.29 is 4.74 Å². The minimum atomic E-state index is 0.375. The Balaban J connectivity index is 2.11. The highest BCUT2D eigenvalue weighted by Crippen LogP contribution is 2.14. The highest BCUT2D eigenvalue weighted by atomic mass is 16.5. The quantitative estimate of drug-likeness (QED) is 0.825. The van der Waals surface area contributed by atoms with E-state index in [0.29, 0.717) is 12.3 Å². The van der Waals surface area contributed by atoms with Gasteiger partial charge < -0.3 is 4.74 Å². The van der Waals surface area contributed by atoms with Crippen molar-refractivity contribution in [1.82, 2.24) is 4.98 Å². The second-order valence-corrected chi connectivity index (χ2v) is 4.24. The molecule has 0 unspecified atom stereocenters. The number of hydrogen-bond acceptors (Lipinski definition) is 3. The molecule has 3 heteroatoms. The molecule has 0 spiro atoms. The Labute approximate surface area is 107 Å². The summed E-state index contributed by atoms with van der Waals surface area (Å²) in [7, 11) is 0. The summed E-state index contributed by atoms with van der Waals surface area (Å²) in [5, 5.41) is 8.85. The van der Waals surface area contributed by atoms with Gasteiger partial charge in [-0.3, -0.25) is 0 Å². The fourth-order valence-electron chi connectivity index (χ4n) is 1.73. The van der Waals surface area contributed by atoms with E-state index in [2.05, 4.69) is 4.98 Å². The third-order valence-electron chi connectivity index (χ3n) is 2.51. The summed E-state index contributed by atoms with van der Waals surface area (Å²) in [5.74, 6) is 0.816. The number of nitriles is 1. The number of rotatable bonds is 3. The molecule has 0 saturated carbocycles. The molecule has 0 fully saturated rings. The van der Waals surface area contributed by atoms with Gasteiger partial charge in [0, 0.05) is 0 Å². The minimum absolute atomic E-state index is 0.375. The number of hydrogen-bond donors (Lipinski definition) is 0. The number of aromatic nitrogens is 1. The molecule has 0 radical (unpaired) electrons. The van der Waals surface area contributed by atoms with Crippen LogP contribution in [0.2, 0.25) is 0 Å². The summed E-state index contributed by atoms with van der Waals surface area (Å²) in [6.45, 7) is 4.34. The van der Waals surface area contributed by atoms with E-state index in [1.54, 1.807) is 6.07 Å². The first-order chi connectivity index (χ1) is 8.67. The molecule has 0 aliphatic rings. The maximum atomic E-state index is 8.85. The molecule has 0 aliphatic carbocycles. The second kappa shape index (κ2) is 5.33. The van der Waals surface area contributed by atoms with Gasteiger partial charge in [0.05, 0.1) is 5.69 Å². The topological polar surface area (TPSA) is 45.9 Å². The van der Waals surface area contributed by atoms with Crippen molar-refractivity contribution >= 4 is 0 Å². The Morgan fingerprint density at radius 2 is 2.00 bits per heavy atom. The second-order valence-electron chi connectivity index (χ2n) is 4.24. The van der Waals surface area contributed by atoms with Gasteiger partial charge in [0.2, 0.25) is 0 Å². The van der Waals surface area contributed by atoms with Crippen LogP contribution in [0.1, 0.15) is 22.5 Å². The Bertz CT molecular complexity index is 600. The van der Waals surface area contributed by atoms with Crippen molar-refractivity contribution in [2.75, 3.05) is 0 Å². The first-order valence-electron chi connectivity index (χ1n) is 5.74. The van der Waals surface area contributed by atoms with Crippen molar-refractivity contribution in [3.8, 4) is 11.8 Å². The molecule has 90 valence electrons. The number of aryl methyl sites for hydroxylation is 2. The van der Waals surface area contributed by atoms with Gasteiger partial charge in [0.25, 0.3) is 0 Å². The lowest BCUT2D eigenvalue weighted by atomic mass is 10.2. The summed E-state index contributed by atoms with van der Waals surface area (Å²) >= 11 is 0. The average Bonchev–Trinajstić information content (AvgIpc) is 2.36. The molecule has 0 N–H and O–H groups in total. The first kappa shape index (κ1) is 12.1. The van der Waals surface area contributed by atoms with Crippen LogP contribution >= 0.6 is 0 Å². The van der Waals surface area contributed by atoms with Crippen LogP contribution in [0.4, 0.5) is 0 Å². The zero-order chi connectivity index (χ0) is 13.0. The molecule has 2 aromatic rings. The van der Waals surface area contributed by atoms with Crippen LogP contribution < -0.4 is 4.74 Å². The minimum Gasteiger partial charge on any atom is -0.487 e. The monoisotopic (exact) mass is 238 g/mol. The molecule has 0 saturated heterocycles. The standard InChI is InChI=1S/C15H14N2O/c1-11-4-3-5-15(8-11)18-10-14-7-12(2)6-13(9-16)17-14/h3-8H,10H2,1-2H3. The molecule has 1 aromatic carbocycles. The van der Waals surface area contributed by atoms with Gasteiger partial charge in [-0.15, -0.1) is 0 Å². The summed E-state index contributed by atoms with van der Waals surface area (Å²) in [4.78, 5) is 4.20. The lowest BCUT2D eigenvalue weighted by Gasteiger charge is -2.07. The zero-order valence-corrected chi connectivity index (χ0v) is 10.5. The highest BCUT2D eigenvalue weighted by Gasteiger charge is 2.01. The van der Waals surface area contributed by atoms with E-state index in [4.69, 9.17) is 10.00 Å². The fourth-order valence-corrected chi connectivity index (χ4v) is 1.73. The van der Waals surface area contributed by atoms with E-state index in [0.717, 1.165) is 22.6 Å². The SMILES string of the molecule is Cc1cccc(OCc2cc(C)cc(C#N)n2)c1. The van der Waals surface area contributed by atoms with Gasteiger partial charge in [-0.25, -0.2) is 4.98 Å². The normalized spacial score (nSPS) is 9.83. The molecule has 0 atom stereocenters. The lowest BCUT2D eigenvalue weighted by Crippen LogP contribution is -2.00. The third-order valence-corrected chi connectivity index (χ3v) is 2.51. The predicted molar refractivity (Wildman–Crippen MR) is 69.2 cm³/mol. The van der Waals surface area contributed by atoms with E-state index < -0.39 is 0 Å². The van der Waals surface area contributed by atoms with E-state index >= 15 is 0 Å². The van der Waals surface area contributed by atoms with Crippen LogP contribution in [0, 0.1) is 25.2 Å². The van der Waals surface area contributed by atoms with Crippen molar-refractivity contribution in [3.05, 3.63) is 58.9 Å². The molecule has 0 aliphatic heterocycles. The number of pyridine rings is 1. The molecule has 0 bridgehead atoms. The van der Waals surface area contributed by atoms with E-state index in [-0.39, 0.29) is 0 Å². The van der Waals surface area contributed by atoms with Crippen LogP contribution in [0.15, 0.2) is 36.4 Å². The Morgan fingerprint density at radius 3 is 2.72 bits per heavy atom. The van der Waals surface area contributed by atoms with Gasteiger partial charge >= 0.3 is 0 Å². The Kier molecular flexibility index (Phi) is 3.59. The largest absolute Gasteiger partial charge is 0.487 e. The molecule has 1 aromatic heterocycles. The maximum Gasteiger partial charge on any atom is 0.141 e. The molecular weight excluding hydrogens is 224 g/mol. The van der Waals surface area contributed by atoms with Crippen LogP contribution in [-0.4, -0.2) is 4.98 Å². The smallest absolute Gasteiger partial charge is 0.141 e. The molecule has 0 amide bonds. The molecular formula is C15H14N2O. The van der Waals surface area contributed by atoms with E-state index in [1.807, 2.05) is 50.2 Å². The summed E-state index contributed by atoms with van der Waals surface area (Å²) < 4.78 is 5.66. The lowest BCUT2D eigenvalue weighted by molar-refractivity contribution is 0.301. The zero-order valence-electron chi connectivity index (χ0n) is 10.5. The fraction of sp³-hybridized carbons (Fsp3) is 0.200. The highest BCUT2D eigenvalue weighted by molar-refractivity contribution is 5.29. The van der Waals surface area contributed by atoms with Gasteiger partial charge in [-0.1, -0.05) is 12.1 Å². The average molecular weight is 238 g/mol. The van der Waals surface area contributed by atoms with Crippen molar-refractivity contribution in [2.45, 2.75) is 20.5 Å². The number of nitrogens with zero attached hydrogens (tertiary/aromatic N) is 2. The van der Waals surface area contributed by atoms with E-state index in [1.165, 1.54) is 0 Å². The number of ether oxygens (including phenoxy) is 1. The van der Waals surface area contributed by atoms with Crippen LogP contribution in [0.5, 0.6) is 5.75 Å². The summed E-state index contributed by atoms with van der Waals surface area (Å²) in [6, 6.07) is 13.6. The Hall–Kier alpha value is -2.34. The van der Waals surface area contributed by atoms with Crippen LogP contribution in [0.25, 0.3) is 0 Å². The van der Waals surface area contributed by atoms with Gasteiger partial charge in [0.1, 0.15) is 24.1 Å². The summed E-state index contributed by atoms with van der Waals surface area (Å²) in [5.41, 5.74) is 3.37. The molecule has 18 heavy (non-hydrogen) atoms. The third kappa shape index (κ3) is 3.08. The van der Waals surface area contributed by atoms with Gasteiger partial charge in [-0.2, -0.15) is 5.26 Å². The van der Waals surface area contributed by atoms with Crippen LogP contribution in [0.3, 0.4) is 0 Å². The number of benzene rings is 1.